The molecule has 0 radical (unpaired) electrons. The number of rotatable bonds is 4. The van der Waals surface area contributed by atoms with Gasteiger partial charge in [0.2, 0.25) is 6.79 Å². The fraction of sp³-hybridized carbons (Fsp3) is 0.235. The largest absolute Gasteiger partial charge is 0.454 e. The number of nitrogens with one attached hydrogen (secondary N) is 2. The highest BCUT2D eigenvalue weighted by Crippen LogP contribution is 2.32. The summed E-state index contributed by atoms with van der Waals surface area (Å²) in [5.41, 5.74) is 3.60. The highest BCUT2D eigenvalue weighted by atomic mass is 32.1. The first-order valence-corrected chi connectivity index (χ1v) is 7.58. The molecule has 1 aliphatic heterocycles. The summed E-state index contributed by atoms with van der Waals surface area (Å²) >= 11 is 5.32. The minimum Gasteiger partial charge on any atom is -0.454 e. The molecule has 5 heteroatoms. The monoisotopic (exact) mass is 314 g/mol. The lowest BCUT2D eigenvalue weighted by molar-refractivity contribution is 0.174. The molecule has 0 aliphatic carbocycles. The average Bonchev–Trinajstić information content (AvgIpc) is 2.99. The molecule has 1 heterocycles. The fourth-order valence-electron chi connectivity index (χ4n) is 2.28. The van der Waals surface area contributed by atoms with Crippen LogP contribution in [-0.4, -0.2) is 11.9 Å². The molecule has 0 saturated carbocycles. The predicted molar refractivity (Wildman–Crippen MR) is 90.0 cm³/mol. The van der Waals surface area contributed by atoms with Gasteiger partial charge >= 0.3 is 0 Å². The molecule has 3 rings (SSSR count). The lowest BCUT2D eigenvalue weighted by Crippen LogP contribution is -2.34. The van der Waals surface area contributed by atoms with Crippen molar-refractivity contribution in [1.82, 2.24) is 10.6 Å². The van der Waals surface area contributed by atoms with Crippen molar-refractivity contribution in [3.05, 3.63) is 59.2 Å². The molecule has 1 aliphatic rings. The molecule has 0 unspecified atom stereocenters. The Bertz CT molecular complexity index is 688. The van der Waals surface area contributed by atoms with E-state index in [1.54, 1.807) is 0 Å². The summed E-state index contributed by atoms with van der Waals surface area (Å²) in [6.07, 6.45) is 0. The minimum absolute atomic E-state index is 0.294. The second kappa shape index (κ2) is 6.66. The quantitative estimate of drug-likeness (QED) is 0.850. The third-order valence-electron chi connectivity index (χ3n) is 3.59. The van der Waals surface area contributed by atoms with E-state index in [0.717, 1.165) is 23.6 Å². The van der Waals surface area contributed by atoms with Gasteiger partial charge in [0.15, 0.2) is 16.6 Å². The Morgan fingerprint density at radius 1 is 1.05 bits per heavy atom. The molecule has 22 heavy (non-hydrogen) atoms. The molecule has 0 aromatic heterocycles. The Hall–Kier alpha value is -2.27. The van der Waals surface area contributed by atoms with Crippen LogP contribution in [0, 0.1) is 6.92 Å². The van der Waals surface area contributed by atoms with Gasteiger partial charge in [0, 0.05) is 13.1 Å². The van der Waals surface area contributed by atoms with E-state index in [1.165, 1.54) is 11.1 Å². The Balaban J connectivity index is 1.49. The maximum Gasteiger partial charge on any atom is 0.231 e. The van der Waals surface area contributed by atoms with Gasteiger partial charge in [0.05, 0.1) is 0 Å². The predicted octanol–water partition coefficient (Wildman–Crippen LogP) is 2.89. The highest BCUT2D eigenvalue weighted by molar-refractivity contribution is 7.80. The third-order valence-corrected chi connectivity index (χ3v) is 3.88. The van der Waals surface area contributed by atoms with Crippen molar-refractivity contribution < 1.29 is 9.47 Å². The number of aryl methyl sites for hydroxylation is 1. The van der Waals surface area contributed by atoms with Crippen molar-refractivity contribution in [3.8, 4) is 11.5 Å². The lowest BCUT2D eigenvalue weighted by Gasteiger charge is -2.12. The van der Waals surface area contributed by atoms with Gasteiger partial charge in [-0.1, -0.05) is 30.3 Å². The van der Waals surface area contributed by atoms with Gasteiger partial charge in [-0.25, -0.2) is 0 Å². The highest BCUT2D eigenvalue weighted by Gasteiger charge is 2.13. The third kappa shape index (κ3) is 3.49. The molecule has 0 spiro atoms. The van der Waals surface area contributed by atoms with Crippen LogP contribution in [0.3, 0.4) is 0 Å². The van der Waals surface area contributed by atoms with Crippen molar-refractivity contribution >= 4 is 17.3 Å². The van der Waals surface area contributed by atoms with Crippen LogP contribution >= 0.6 is 12.2 Å². The average molecular weight is 314 g/mol. The van der Waals surface area contributed by atoms with Crippen molar-refractivity contribution in [2.24, 2.45) is 0 Å². The van der Waals surface area contributed by atoms with Gasteiger partial charge in [0.25, 0.3) is 0 Å². The molecular formula is C17H18N2O2S. The van der Waals surface area contributed by atoms with Crippen LogP contribution in [0.1, 0.15) is 16.7 Å². The SMILES string of the molecule is Cc1ccccc1CNC(=S)NCc1ccc2c(c1)OCO2. The van der Waals surface area contributed by atoms with Crippen LogP contribution in [-0.2, 0) is 13.1 Å². The zero-order valence-corrected chi connectivity index (χ0v) is 13.2. The van der Waals surface area contributed by atoms with E-state index < -0.39 is 0 Å². The zero-order chi connectivity index (χ0) is 15.4. The van der Waals surface area contributed by atoms with Crippen LogP contribution in [0.5, 0.6) is 11.5 Å². The van der Waals surface area contributed by atoms with Crippen molar-refractivity contribution in [2.75, 3.05) is 6.79 Å². The Labute approximate surface area is 135 Å². The van der Waals surface area contributed by atoms with E-state index in [1.807, 2.05) is 30.3 Å². The second-order valence-corrected chi connectivity index (χ2v) is 5.56. The van der Waals surface area contributed by atoms with Crippen molar-refractivity contribution in [1.29, 1.82) is 0 Å². The van der Waals surface area contributed by atoms with E-state index in [4.69, 9.17) is 21.7 Å². The molecule has 2 aromatic carbocycles. The van der Waals surface area contributed by atoms with Crippen molar-refractivity contribution in [2.45, 2.75) is 20.0 Å². The minimum atomic E-state index is 0.294. The summed E-state index contributed by atoms with van der Waals surface area (Å²) in [7, 11) is 0. The molecule has 4 nitrogen and oxygen atoms in total. The van der Waals surface area contributed by atoms with Gasteiger partial charge < -0.3 is 20.1 Å². The first-order chi connectivity index (χ1) is 10.7. The molecule has 0 saturated heterocycles. The summed E-state index contributed by atoms with van der Waals surface area (Å²) < 4.78 is 10.7. The summed E-state index contributed by atoms with van der Waals surface area (Å²) in [6, 6.07) is 14.2. The van der Waals surface area contributed by atoms with Crippen LogP contribution in [0.2, 0.25) is 0 Å². The summed E-state index contributed by atoms with van der Waals surface area (Å²) in [6.45, 7) is 3.76. The van der Waals surface area contributed by atoms with Gasteiger partial charge in [-0.2, -0.15) is 0 Å². The van der Waals surface area contributed by atoms with E-state index in [2.05, 4.69) is 29.7 Å². The number of ether oxygens (including phenoxy) is 2. The first-order valence-electron chi connectivity index (χ1n) is 7.17. The molecule has 0 amide bonds. The zero-order valence-electron chi connectivity index (χ0n) is 12.4. The lowest BCUT2D eigenvalue weighted by atomic mass is 10.1. The smallest absolute Gasteiger partial charge is 0.231 e. The van der Waals surface area contributed by atoms with Crippen LogP contribution < -0.4 is 20.1 Å². The van der Waals surface area contributed by atoms with Gasteiger partial charge in [0.1, 0.15) is 0 Å². The number of fused-ring (bicyclic) bond motifs is 1. The van der Waals surface area contributed by atoms with E-state index in [9.17, 15) is 0 Å². The second-order valence-electron chi connectivity index (χ2n) is 5.15. The van der Waals surface area contributed by atoms with Crippen LogP contribution in [0.4, 0.5) is 0 Å². The topological polar surface area (TPSA) is 42.5 Å². The Kier molecular flexibility index (Phi) is 4.44. The van der Waals surface area contributed by atoms with E-state index >= 15 is 0 Å². The van der Waals surface area contributed by atoms with Gasteiger partial charge in [-0.15, -0.1) is 0 Å². The maximum atomic E-state index is 5.37. The molecule has 114 valence electrons. The van der Waals surface area contributed by atoms with Gasteiger partial charge in [-0.3, -0.25) is 0 Å². The molecule has 2 N–H and O–H groups in total. The number of hydrogen-bond acceptors (Lipinski definition) is 3. The van der Waals surface area contributed by atoms with Crippen LogP contribution in [0.25, 0.3) is 0 Å². The molecular weight excluding hydrogens is 296 g/mol. The van der Waals surface area contributed by atoms with E-state index in [-0.39, 0.29) is 0 Å². The Morgan fingerprint density at radius 3 is 2.68 bits per heavy atom. The molecule has 2 aromatic rings. The molecule has 0 bridgehead atoms. The fourth-order valence-corrected chi connectivity index (χ4v) is 2.42. The first kappa shape index (κ1) is 14.7. The van der Waals surface area contributed by atoms with E-state index in [0.29, 0.717) is 18.5 Å². The Morgan fingerprint density at radius 2 is 1.82 bits per heavy atom. The summed E-state index contributed by atoms with van der Waals surface area (Å²) in [4.78, 5) is 0. The summed E-state index contributed by atoms with van der Waals surface area (Å²) in [5, 5.41) is 7.07. The number of hydrogen-bond donors (Lipinski definition) is 2. The standard InChI is InChI=1S/C17H18N2O2S/c1-12-4-2-3-5-14(12)10-19-17(22)18-9-13-6-7-15-16(8-13)21-11-20-15/h2-8H,9-11H2,1H3,(H2,18,19,22). The number of thiocarbonyl (C=S) groups is 1. The molecule has 0 atom stereocenters. The number of benzene rings is 2. The van der Waals surface area contributed by atoms with Gasteiger partial charge in [-0.05, 0) is 48.0 Å². The van der Waals surface area contributed by atoms with Crippen molar-refractivity contribution in [3.63, 3.8) is 0 Å². The molecule has 0 fully saturated rings. The normalized spacial score (nSPS) is 12.0. The van der Waals surface area contributed by atoms with Crippen LogP contribution in [0.15, 0.2) is 42.5 Å². The summed E-state index contributed by atoms with van der Waals surface area (Å²) in [5.74, 6) is 1.59. The maximum absolute atomic E-state index is 5.37.